The third-order valence-corrected chi connectivity index (χ3v) is 4.71. The molecular formula is C20H17ClN2O3. The van der Waals surface area contributed by atoms with Crippen molar-refractivity contribution in [1.82, 2.24) is 0 Å². The fourth-order valence-electron chi connectivity index (χ4n) is 3.22. The van der Waals surface area contributed by atoms with Crippen molar-refractivity contribution in [3.8, 4) is 0 Å². The van der Waals surface area contributed by atoms with Crippen LogP contribution < -0.4 is 10.6 Å². The van der Waals surface area contributed by atoms with Gasteiger partial charge in [0.25, 0.3) is 5.91 Å². The summed E-state index contributed by atoms with van der Waals surface area (Å²) in [6, 6.07) is 13.2. The summed E-state index contributed by atoms with van der Waals surface area (Å²) in [4.78, 5) is 24.4. The summed E-state index contributed by atoms with van der Waals surface area (Å²) in [6.07, 6.45) is 1.01. The fraction of sp³-hybridized carbons (Fsp3) is 0.200. The van der Waals surface area contributed by atoms with Crippen molar-refractivity contribution in [1.29, 1.82) is 0 Å². The molecule has 0 unspecified atom stereocenters. The minimum Gasteiger partial charge on any atom is -0.487 e. The van der Waals surface area contributed by atoms with Crippen LogP contribution in [0.15, 0.2) is 42.5 Å². The topological polar surface area (TPSA) is 67.4 Å². The summed E-state index contributed by atoms with van der Waals surface area (Å²) in [5.74, 6) is 0.753. The lowest BCUT2D eigenvalue weighted by Gasteiger charge is -2.08. The van der Waals surface area contributed by atoms with Gasteiger partial charge in [-0.3, -0.25) is 9.59 Å². The van der Waals surface area contributed by atoms with Crippen LogP contribution in [0.5, 0.6) is 0 Å². The van der Waals surface area contributed by atoms with Crippen LogP contribution in [0.3, 0.4) is 0 Å². The number of hydrogen-bond acceptors (Lipinski definition) is 3. The molecule has 0 bridgehead atoms. The smallest absolute Gasteiger partial charge is 0.260 e. The Morgan fingerprint density at radius 2 is 2.04 bits per heavy atom. The van der Waals surface area contributed by atoms with Gasteiger partial charge in [-0.1, -0.05) is 24.3 Å². The van der Waals surface area contributed by atoms with Crippen molar-refractivity contribution in [3.63, 3.8) is 0 Å². The molecule has 2 aromatic carbocycles. The zero-order valence-electron chi connectivity index (χ0n) is 14.0. The molecule has 4 rings (SSSR count). The number of ether oxygens (including phenoxy) is 1. The lowest BCUT2D eigenvalue weighted by atomic mass is 10.00. The second kappa shape index (κ2) is 6.84. The van der Waals surface area contributed by atoms with Crippen LogP contribution in [0.25, 0.3) is 11.3 Å². The number of nitrogens with one attached hydrogen (secondary N) is 2. The van der Waals surface area contributed by atoms with Gasteiger partial charge in [-0.2, -0.15) is 0 Å². The SMILES string of the molecule is O=C(CCCCl)Nc1ccc2c(c1)C(=C1C(=O)Nc3ccccc31)OC2. The van der Waals surface area contributed by atoms with Crippen molar-refractivity contribution in [2.75, 3.05) is 16.5 Å². The highest BCUT2D eigenvalue weighted by Crippen LogP contribution is 2.42. The molecule has 0 atom stereocenters. The third-order valence-electron chi connectivity index (χ3n) is 4.45. The van der Waals surface area contributed by atoms with Crippen LogP contribution in [0, 0.1) is 0 Å². The predicted molar refractivity (Wildman–Crippen MR) is 102 cm³/mol. The molecule has 2 aliphatic heterocycles. The molecule has 2 heterocycles. The Kier molecular flexibility index (Phi) is 4.39. The lowest BCUT2D eigenvalue weighted by molar-refractivity contribution is -0.116. The Morgan fingerprint density at radius 3 is 2.88 bits per heavy atom. The molecule has 6 heteroatoms. The number of amides is 2. The molecule has 0 spiro atoms. The Balaban J connectivity index is 1.70. The number of carbonyl (C=O) groups excluding carboxylic acids is 2. The van der Waals surface area contributed by atoms with E-state index in [-0.39, 0.29) is 11.8 Å². The minimum absolute atomic E-state index is 0.0809. The molecule has 26 heavy (non-hydrogen) atoms. The maximum absolute atomic E-state index is 12.5. The molecule has 0 fully saturated rings. The van der Waals surface area contributed by atoms with Crippen LogP contribution in [-0.2, 0) is 20.9 Å². The zero-order valence-corrected chi connectivity index (χ0v) is 14.7. The maximum Gasteiger partial charge on any atom is 0.260 e. The highest BCUT2D eigenvalue weighted by Gasteiger charge is 2.32. The Labute approximate surface area is 156 Å². The van der Waals surface area contributed by atoms with Crippen molar-refractivity contribution in [3.05, 3.63) is 59.2 Å². The van der Waals surface area contributed by atoms with Crippen LogP contribution >= 0.6 is 11.6 Å². The van der Waals surface area contributed by atoms with E-state index in [2.05, 4.69) is 10.6 Å². The molecule has 2 amide bonds. The van der Waals surface area contributed by atoms with Crippen LogP contribution in [0.1, 0.15) is 29.5 Å². The van der Waals surface area contributed by atoms with Gasteiger partial charge in [0.1, 0.15) is 12.4 Å². The van der Waals surface area contributed by atoms with E-state index in [1.54, 1.807) is 0 Å². The van der Waals surface area contributed by atoms with Gasteiger partial charge >= 0.3 is 0 Å². The number of benzene rings is 2. The molecule has 132 valence electrons. The second-order valence-electron chi connectivity index (χ2n) is 6.21. The molecular weight excluding hydrogens is 352 g/mol. The summed E-state index contributed by atoms with van der Waals surface area (Å²) in [7, 11) is 0. The first-order chi connectivity index (χ1) is 12.7. The minimum atomic E-state index is -0.175. The van der Waals surface area contributed by atoms with Crippen molar-refractivity contribution in [2.24, 2.45) is 0 Å². The predicted octanol–water partition coefficient (Wildman–Crippen LogP) is 3.99. The van der Waals surface area contributed by atoms with E-state index in [1.165, 1.54) is 0 Å². The molecule has 2 aliphatic rings. The first-order valence-corrected chi connectivity index (χ1v) is 8.98. The van der Waals surface area contributed by atoms with Crippen LogP contribution in [0.4, 0.5) is 11.4 Å². The monoisotopic (exact) mass is 368 g/mol. The van der Waals surface area contributed by atoms with Crippen LogP contribution in [0.2, 0.25) is 0 Å². The number of carbonyl (C=O) groups is 2. The van der Waals surface area contributed by atoms with E-state index in [1.807, 2.05) is 42.5 Å². The first-order valence-electron chi connectivity index (χ1n) is 8.44. The van der Waals surface area contributed by atoms with E-state index in [0.29, 0.717) is 42.3 Å². The lowest BCUT2D eigenvalue weighted by Crippen LogP contribution is -2.11. The van der Waals surface area contributed by atoms with Gasteiger partial charge in [0, 0.05) is 40.4 Å². The van der Waals surface area contributed by atoms with Gasteiger partial charge in [-0.25, -0.2) is 0 Å². The van der Waals surface area contributed by atoms with Gasteiger partial charge in [0.15, 0.2) is 0 Å². The zero-order chi connectivity index (χ0) is 18.1. The van der Waals surface area contributed by atoms with Crippen molar-refractivity contribution < 1.29 is 14.3 Å². The quantitative estimate of drug-likeness (QED) is 0.633. The van der Waals surface area contributed by atoms with E-state index >= 15 is 0 Å². The molecule has 5 nitrogen and oxygen atoms in total. The summed E-state index contributed by atoms with van der Waals surface area (Å²) >= 11 is 5.63. The first kappa shape index (κ1) is 16.7. The Bertz CT molecular complexity index is 936. The molecule has 0 aromatic heterocycles. The van der Waals surface area contributed by atoms with E-state index in [4.69, 9.17) is 16.3 Å². The normalized spacial score (nSPS) is 17.3. The average Bonchev–Trinajstić information content (AvgIpc) is 3.19. The van der Waals surface area contributed by atoms with E-state index in [0.717, 1.165) is 22.4 Å². The molecule has 0 saturated carbocycles. The largest absolute Gasteiger partial charge is 0.487 e. The molecule has 0 aliphatic carbocycles. The number of fused-ring (bicyclic) bond motifs is 2. The molecule has 0 saturated heterocycles. The third kappa shape index (κ3) is 2.95. The Morgan fingerprint density at radius 1 is 1.19 bits per heavy atom. The number of rotatable bonds is 4. The highest BCUT2D eigenvalue weighted by molar-refractivity contribution is 6.36. The fourth-order valence-corrected chi connectivity index (χ4v) is 3.35. The summed E-state index contributed by atoms with van der Waals surface area (Å²) in [5.41, 5.74) is 4.65. The molecule has 2 aromatic rings. The van der Waals surface area contributed by atoms with E-state index in [9.17, 15) is 9.59 Å². The van der Waals surface area contributed by atoms with Gasteiger partial charge < -0.3 is 15.4 Å². The van der Waals surface area contributed by atoms with Gasteiger partial charge in [0.05, 0.1) is 5.57 Å². The van der Waals surface area contributed by atoms with Crippen molar-refractivity contribution >= 4 is 46.1 Å². The van der Waals surface area contributed by atoms with Crippen molar-refractivity contribution in [2.45, 2.75) is 19.4 Å². The highest BCUT2D eigenvalue weighted by atomic mass is 35.5. The average molecular weight is 369 g/mol. The van der Waals surface area contributed by atoms with E-state index < -0.39 is 0 Å². The summed E-state index contributed by atoms with van der Waals surface area (Å²) in [5, 5.41) is 5.74. The Hall–Kier alpha value is -2.79. The van der Waals surface area contributed by atoms with Gasteiger partial charge in [0.2, 0.25) is 5.91 Å². The van der Waals surface area contributed by atoms with Crippen LogP contribution in [-0.4, -0.2) is 17.7 Å². The van der Waals surface area contributed by atoms with Gasteiger partial charge in [-0.05, 0) is 24.6 Å². The maximum atomic E-state index is 12.5. The van der Waals surface area contributed by atoms with Gasteiger partial charge in [-0.15, -0.1) is 11.6 Å². The number of alkyl halides is 1. The molecule has 0 radical (unpaired) electrons. The summed E-state index contributed by atoms with van der Waals surface area (Å²) in [6.45, 7) is 0.407. The summed E-state index contributed by atoms with van der Waals surface area (Å²) < 4.78 is 5.85. The number of anilines is 2. The molecule has 2 N–H and O–H groups in total. The number of halogens is 1. The standard InChI is InChI=1S/C20H17ClN2O3/c21-9-3-6-17(24)22-13-8-7-12-11-26-19(15(12)10-13)18-14-4-1-2-5-16(14)23-20(18)25/h1-2,4-5,7-8,10H,3,6,9,11H2,(H,22,24)(H,23,25). The number of hydrogen-bond donors (Lipinski definition) is 2. The second-order valence-corrected chi connectivity index (χ2v) is 6.58. The number of para-hydroxylation sites is 1.